The van der Waals surface area contributed by atoms with Crippen molar-refractivity contribution in [3.63, 3.8) is 0 Å². The smallest absolute Gasteiger partial charge is 0.130 e. The first-order valence-electron chi connectivity index (χ1n) is 4.67. The number of halogens is 1. The van der Waals surface area contributed by atoms with Crippen LogP contribution < -0.4 is 5.73 Å². The molecule has 0 fully saturated rings. The summed E-state index contributed by atoms with van der Waals surface area (Å²) >= 11 is 0. The minimum Gasteiger partial charge on any atom is -0.383 e. The third-order valence-electron chi connectivity index (χ3n) is 2.46. The zero-order valence-corrected chi connectivity index (χ0v) is 8.66. The summed E-state index contributed by atoms with van der Waals surface area (Å²) in [6.07, 6.45) is 0. The van der Waals surface area contributed by atoms with Gasteiger partial charge < -0.3 is 5.73 Å². The Kier molecular flexibility index (Phi) is 2.19. The number of aromatic nitrogens is 2. The maximum atomic E-state index is 13.0. The predicted octanol–water partition coefficient (Wildman–Crippen LogP) is 2.21. The second kappa shape index (κ2) is 3.38. The minimum atomic E-state index is -0.294. The summed E-state index contributed by atoms with van der Waals surface area (Å²) < 4.78 is 14.6. The van der Waals surface area contributed by atoms with Crippen LogP contribution in [-0.2, 0) is 0 Å². The van der Waals surface area contributed by atoms with Gasteiger partial charge in [0.2, 0.25) is 0 Å². The maximum absolute atomic E-state index is 13.0. The van der Waals surface area contributed by atoms with E-state index in [1.54, 1.807) is 16.8 Å². The number of aryl methyl sites for hydroxylation is 1. The SMILES string of the molecule is Cc1nn(-c2cccc(F)c2)c(N)c1C. The van der Waals surface area contributed by atoms with Gasteiger partial charge in [-0.05, 0) is 32.0 Å². The molecule has 1 aromatic carbocycles. The first-order chi connectivity index (χ1) is 7.09. The van der Waals surface area contributed by atoms with E-state index in [2.05, 4.69) is 5.10 Å². The molecule has 2 aromatic rings. The van der Waals surface area contributed by atoms with Crippen LogP contribution in [0.5, 0.6) is 0 Å². The van der Waals surface area contributed by atoms with Crippen molar-refractivity contribution in [2.45, 2.75) is 13.8 Å². The molecule has 15 heavy (non-hydrogen) atoms. The summed E-state index contributed by atoms with van der Waals surface area (Å²) in [6, 6.07) is 6.20. The van der Waals surface area contributed by atoms with Crippen molar-refractivity contribution in [2.24, 2.45) is 0 Å². The van der Waals surface area contributed by atoms with Crippen molar-refractivity contribution in [2.75, 3.05) is 5.73 Å². The molecule has 0 amide bonds. The van der Waals surface area contributed by atoms with Crippen molar-refractivity contribution in [1.29, 1.82) is 0 Å². The fourth-order valence-corrected chi connectivity index (χ4v) is 1.43. The van der Waals surface area contributed by atoms with E-state index in [-0.39, 0.29) is 5.82 Å². The Morgan fingerprint density at radius 2 is 2.07 bits per heavy atom. The lowest BCUT2D eigenvalue weighted by atomic mass is 10.3. The molecular formula is C11H12FN3. The lowest BCUT2D eigenvalue weighted by Crippen LogP contribution is -2.02. The normalized spacial score (nSPS) is 10.6. The second-order valence-electron chi connectivity index (χ2n) is 3.49. The molecule has 0 spiro atoms. The van der Waals surface area contributed by atoms with Crippen LogP contribution in [0, 0.1) is 19.7 Å². The molecule has 0 radical (unpaired) electrons. The fourth-order valence-electron chi connectivity index (χ4n) is 1.43. The highest BCUT2D eigenvalue weighted by Crippen LogP contribution is 2.19. The Morgan fingerprint density at radius 1 is 1.33 bits per heavy atom. The van der Waals surface area contributed by atoms with E-state index in [0.717, 1.165) is 11.3 Å². The lowest BCUT2D eigenvalue weighted by Gasteiger charge is -2.03. The molecule has 78 valence electrons. The van der Waals surface area contributed by atoms with E-state index in [1.807, 2.05) is 13.8 Å². The molecule has 2 rings (SSSR count). The molecule has 0 aliphatic heterocycles. The zero-order chi connectivity index (χ0) is 11.0. The predicted molar refractivity (Wildman–Crippen MR) is 57.4 cm³/mol. The first kappa shape index (κ1) is 9.71. The quantitative estimate of drug-likeness (QED) is 0.775. The number of benzene rings is 1. The lowest BCUT2D eigenvalue weighted by molar-refractivity contribution is 0.625. The van der Waals surface area contributed by atoms with Gasteiger partial charge in [0.25, 0.3) is 0 Å². The van der Waals surface area contributed by atoms with Crippen molar-refractivity contribution >= 4 is 5.82 Å². The molecule has 0 bridgehead atoms. The van der Waals surface area contributed by atoms with E-state index < -0.39 is 0 Å². The van der Waals surface area contributed by atoms with Gasteiger partial charge in [-0.25, -0.2) is 9.07 Å². The van der Waals surface area contributed by atoms with Crippen LogP contribution in [0.1, 0.15) is 11.3 Å². The topological polar surface area (TPSA) is 43.8 Å². The molecule has 0 atom stereocenters. The Balaban J connectivity index is 2.59. The standard InChI is InChI=1S/C11H12FN3/c1-7-8(2)14-15(11(7)13)10-5-3-4-9(12)6-10/h3-6H,13H2,1-2H3. The molecule has 4 heteroatoms. The van der Waals surface area contributed by atoms with Gasteiger partial charge >= 0.3 is 0 Å². The highest BCUT2D eigenvalue weighted by molar-refractivity contribution is 5.48. The highest BCUT2D eigenvalue weighted by atomic mass is 19.1. The summed E-state index contributed by atoms with van der Waals surface area (Å²) in [5.41, 5.74) is 8.29. The van der Waals surface area contributed by atoms with Gasteiger partial charge in [0.05, 0.1) is 11.4 Å². The van der Waals surface area contributed by atoms with E-state index >= 15 is 0 Å². The number of rotatable bonds is 1. The second-order valence-corrected chi connectivity index (χ2v) is 3.49. The molecule has 1 aromatic heterocycles. The monoisotopic (exact) mass is 205 g/mol. The van der Waals surface area contributed by atoms with Gasteiger partial charge in [0, 0.05) is 5.56 Å². The average Bonchev–Trinajstić information content (AvgIpc) is 2.46. The molecule has 0 aliphatic carbocycles. The largest absolute Gasteiger partial charge is 0.383 e. The molecule has 3 nitrogen and oxygen atoms in total. The van der Waals surface area contributed by atoms with E-state index in [1.165, 1.54) is 12.1 Å². The Hall–Kier alpha value is -1.84. The first-order valence-corrected chi connectivity index (χ1v) is 4.67. The van der Waals surface area contributed by atoms with Gasteiger partial charge in [-0.1, -0.05) is 6.07 Å². The molecular weight excluding hydrogens is 193 g/mol. The Morgan fingerprint density at radius 3 is 2.60 bits per heavy atom. The van der Waals surface area contributed by atoms with E-state index in [4.69, 9.17) is 5.73 Å². The molecule has 0 saturated carbocycles. The van der Waals surface area contributed by atoms with Crippen LogP contribution in [0.2, 0.25) is 0 Å². The molecule has 0 aliphatic rings. The van der Waals surface area contributed by atoms with Crippen LogP contribution in [0.25, 0.3) is 5.69 Å². The average molecular weight is 205 g/mol. The van der Waals surface area contributed by atoms with Crippen molar-refractivity contribution in [3.8, 4) is 5.69 Å². The van der Waals surface area contributed by atoms with E-state index in [0.29, 0.717) is 11.5 Å². The maximum Gasteiger partial charge on any atom is 0.130 e. The van der Waals surface area contributed by atoms with E-state index in [9.17, 15) is 4.39 Å². The molecule has 1 heterocycles. The summed E-state index contributed by atoms with van der Waals surface area (Å²) in [5, 5.41) is 4.25. The number of hydrogen-bond donors (Lipinski definition) is 1. The van der Waals surface area contributed by atoms with Gasteiger partial charge in [-0.15, -0.1) is 0 Å². The third-order valence-corrected chi connectivity index (χ3v) is 2.46. The number of nitrogens with two attached hydrogens (primary N) is 1. The molecule has 0 saturated heterocycles. The minimum absolute atomic E-state index is 0.294. The highest BCUT2D eigenvalue weighted by Gasteiger charge is 2.09. The fraction of sp³-hybridized carbons (Fsp3) is 0.182. The molecule has 2 N–H and O–H groups in total. The number of anilines is 1. The summed E-state index contributed by atoms with van der Waals surface area (Å²) in [5.74, 6) is 0.260. The van der Waals surface area contributed by atoms with Gasteiger partial charge in [-0.3, -0.25) is 0 Å². The van der Waals surface area contributed by atoms with Gasteiger partial charge in [-0.2, -0.15) is 5.10 Å². The summed E-state index contributed by atoms with van der Waals surface area (Å²) in [7, 11) is 0. The zero-order valence-electron chi connectivity index (χ0n) is 8.66. The number of nitrogen functional groups attached to an aromatic ring is 1. The van der Waals surface area contributed by atoms with Crippen LogP contribution >= 0.6 is 0 Å². The van der Waals surface area contributed by atoms with Crippen LogP contribution in [0.4, 0.5) is 10.2 Å². The van der Waals surface area contributed by atoms with Crippen molar-refractivity contribution in [1.82, 2.24) is 9.78 Å². The summed E-state index contributed by atoms with van der Waals surface area (Å²) in [6.45, 7) is 3.77. The Labute approximate surface area is 87.3 Å². The number of nitrogens with zero attached hydrogens (tertiary/aromatic N) is 2. The summed E-state index contributed by atoms with van der Waals surface area (Å²) in [4.78, 5) is 0. The van der Waals surface area contributed by atoms with Crippen molar-refractivity contribution < 1.29 is 4.39 Å². The molecule has 0 unspecified atom stereocenters. The van der Waals surface area contributed by atoms with Crippen LogP contribution in [0.3, 0.4) is 0 Å². The van der Waals surface area contributed by atoms with Crippen LogP contribution in [0.15, 0.2) is 24.3 Å². The van der Waals surface area contributed by atoms with Gasteiger partial charge in [0.1, 0.15) is 11.6 Å². The third kappa shape index (κ3) is 1.58. The van der Waals surface area contributed by atoms with Gasteiger partial charge in [0.15, 0.2) is 0 Å². The van der Waals surface area contributed by atoms with Crippen LogP contribution in [-0.4, -0.2) is 9.78 Å². The van der Waals surface area contributed by atoms with Crippen molar-refractivity contribution in [3.05, 3.63) is 41.3 Å². The number of hydrogen-bond acceptors (Lipinski definition) is 2. The Bertz CT molecular complexity index is 503.